The maximum atomic E-state index is 5.59. The molecule has 0 aliphatic carbocycles. The Hall–Kier alpha value is -1.75. The van der Waals surface area contributed by atoms with Crippen molar-refractivity contribution in [3.8, 4) is 5.75 Å². The topological polar surface area (TPSA) is 54.9 Å². The van der Waals surface area contributed by atoms with Gasteiger partial charge in [0.15, 0.2) is 5.96 Å². The van der Waals surface area contributed by atoms with Gasteiger partial charge in [0.2, 0.25) is 0 Å². The van der Waals surface area contributed by atoms with E-state index in [4.69, 9.17) is 9.47 Å². The molecule has 1 atom stereocenters. The van der Waals surface area contributed by atoms with Crippen LogP contribution in [-0.2, 0) is 11.3 Å². The zero-order valence-electron chi connectivity index (χ0n) is 16.0. The minimum absolute atomic E-state index is 0.0743. The van der Waals surface area contributed by atoms with E-state index in [-0.39, 0.29) is 11.5 Å². The van der Waals surface area contributed by atoms with Crippen LogP contribution in [0.3, 0.4) is 0 Å². The van der Waals surface area contributed by atoms with Crippen LogP contribution in [0.1, 0.15) is 40.2 Å². The summed E-state index contributed by atoms with van der Waals surface area (Å²) in [4.78, 5) is 4.66. The Morgan fingerprint density at radius 1 is 1.21 bits per heavy atom. The molecule has 0 aliphatic heterocycles. The Morgan fingerprint density at radius 3 is 2.54 bits per heavy atom. The first-order chi connectivity index (χ1) is 11.4. The Labute approximate surface area is 146 Å². The molecule has 1 aromatic rings. The average molecular weight is 335 g/mol. The quantitative estimate of drug-likeness (QED) is 0.566. The molecule has 136 valence electrons. The van der Waals surface area contributed by atoms with Crippen LogP contribution in [0.4, 0.5) is 0 Å². The number of nitrogens with zero attached hydrogens (tertiary/aromatic N) is 1. The number of nitrogens with one attached hydrogen (secondary N) is 2. The second kappa shape index (κ2) is 10.2. The van der Waals surface area contributed by atoms with E-state index in [0.717, 1.165) is 23.8 Å². The molecule has 0 saturated carbocycles. The maximum absolute atomic E-state index is 5.59. The van der Waals surface area contributed by atoms with Crippen molar-refractivity contribution in [3.05, 3.63) is 29.8 Å². The number of methoxy groups -OCH3 is 1. The van der Waals surface area contributed by atoms with Gasteiger partial charge in [0, 0.05) is 20.2 Å². The predicted octanol–water partition coefficient (Wildman–Crippen LogP) is 3.20. The fourth-order valence-corrected chi connectivity index (χ4v) is 2.34. The minimum Gasteiger partial charge on any atom is -0.494 e. The molecule has 1 unspecified atom stereocenters. The van der Waals surface area contributed by atoms with E-state index in [9.17, 15) is 0 Å². The molecule has 5 nitrogen and oxygen atoms in total. The van der Waals surface area contributed by atoms with Crippen LogP contribution in [0.5, 0.6) is 5.75 Å². The van der Waals surface area contributed by atoms with Gasteiger partial charge in [-0.25, -0.2) is 4.99 Å². The molecule has 0 fully saturated rings. The molecule has 0 radical (unpaired) electrons. The van der Waals surface area contributed by atoms with Crippen LogP contribution in [0.2, 0.25) is 0 Å². The molecule has 0 aliphatic rings. The predicted molar refractivity (Wildman–Crippen MR) is 101 cm³/mol. The minimum atomic E-state index is 0.0743. The van der Waals surface area contributed by atoms with Gasteiger partial charge in [-0.3, -0.25) is 0 Å². The largest absolute Gasteiger partial charge is 0.494 e. The first-order valence-corrected chi connectivity index (χ1v) is 8.67. The Balaban J connectivity index is 2.70. The molecule has 1 aromatic carbocycles. The van der Waals surface area contributed by atoms with Crippen molar-refractivity contribution >= 4 is 5.96 Å². The second-order valence-electron chi connectivity index (χ2n) is 6.75. The van der Waals surface area contributed by atoms with Gasteiger partial charge in [0.25, 0.3) is 0 Å². The van der Waals surface area contributed by atoms with E-state index in [1.165, 1.54) is 0 Å². The summed E-state index contributed by atoms with van der Waals surface area (Å²) in [7, 11) is 1.75. The van der Waals surface area contributed by atoms with Crippen LogP contribution in [-0.4, -0.2) is 38.9 Å². The summed E-state index contributed by atoms with van der Waals surface area (Å²) in [6.07, 6.45) is 0.114. The molecule has 2 N–H and O–H groups in total. The number of ether oxygens (including phenoxy) is 2. The Kier molecular flexibility index (Phi) is 8.61. The summed E-state index contributed by atoms with van der Waals surface area (Å²) < 4.78 is 11.1. The van der Waals surface area contributed by atoms with E-state index < -0.39 is 0 Å². The molecule has 0 saturated heterocycles. The lowest BCUT2D eigenvalue weighted by Crippen LogP contribution is -2.45. The standard InChI is InChI=1S/C19H33N3O2/c1-7-20-18(22-14-17(23-6)19(3,4)5)21-13-15-10-9-11-16(12-15)24-8-2/h9-12,17H,7-8,13-14H2,1-6H3,(H2,20,21,22). The van der Waals surface area contributed by atoms with Gasteiger partial charge >= 0.3 is 0 Å². The van der Waals surface area contributed by atoms with Crippen molar-refractivity contribution < 1.29 is 9.47 Å². The second-order valence-corrected chi connectivity index (χ2v) is 6.75. The summed E-state index contributed by atoms with van der Waals surface area (Å²) in [5.74, 6) is 1.68. The number of rotatable bonds is 8. The molecule has 1 rings (SSSR count). The first-order valence-electron chi connectivity index (χ1n) is 8.67. The van der Waals surface area contributed by atoms with Crippen molar-refractivity contribution in [1.82, 2.24) is 10.6 Å². The molecule has 0 heterocycles. The van der Waals surface area contributed by atoms with Crippen molar-refractivity contribution in [2.75, 3.05) is 26.8 Å². The van der Waals surface area contributed by atoms with Crippen molar-refractivity contribution in [2.24, 2.45) is 10.4 Å². The smallest absolute Gasteiger partial charge is 0.191 e. The van der Waals surface area contributed by atoms with E-state index in [0.29, 0.717) is 19.7 Å². The van der Waals surface area contributed by atoms with E-state index >= 15 is 0 Å². The summed E-state index contributed by atoms with van der Waals surface area (Å²) in [6, 6.07) is 8.05. The fourth-order valence-electron chi connectivity index (χ4n) is 2.34. The molecule has 24 heavy (non-hydrogen) atoms. The third-order valence-electron chi connectivity index (χ3n) is 3.68. The lowest BCUT2D eigenvalue weighted by molar-refractivity contribution is 0.0205. The van der Waals surface area contributed by atoms with E-state index in [2.05, 4.69) is 49.4 Å². The third-order valence-corrected chi connectivity index (χ3v) is 3.68. The van der Waals surface area contributed by atoms with Gasteiger partial charge in [0.05, 0.1) is 19.3 Å². The number of hydrogen-bond acceptors (Lipinski definition) is 3. The third kappa shape index (κ3) is 7.21. The lowest BCUT2D eigenvalue weighted by Gasteiger charge is -2.30. The van der Waals surface area contributed by atoms with Crippen LogP contribution in [0.15, 0.2) is 29.3 Å². The van der Waals surface area contributed by atoms with E-state index in [1.807, 2.05) is 25.1 Å². The zero-order chi connectivity index (χ0) is 18.0. The van der Waals surface area contributed by atoms with Crippen LogP contribution < -0.4 is 15.4 Å². The van der Waals surface area contributed by atoms with Crippen LogP contribution >= 0.6 is 0 Å². The number of hydrogen-bond donors (Lipinski definition) is 2. The van der Waals surface area contributed by atoms with E-state index in [1.54, 1.807) is 7.11 Å². The van der Waals surface area contributed by atoms with Gasteiger partial charge in [-0.05, 0) is 37.0 Å². The Morgan fingerprint density at radius 2 is 1.96 bits per heavy atom. The van der Waals surface area contributed by atoms with Crippen molar-refractivity contribution in [3.63, 3.8) is 0 Å². The maximum Gasteiger partial charge on any atom is 0.191 e. The normalized spacial score (nSPS) is 13.5. The number of benzene rings is 1. The number of aliphatic imine (C=N–C) groups is 1. The SMILES string of the molecule is CCNC(=NCc1cccc(OCC)c1)NCC(OC)C(C)(C)C. The highest BCUT2D eigenvalue weighted by Gasteiger charge is 2.24. The summed E-state index contributed by atoms with van der Waals surface area (Å²) in [5, 5.41) is 6.65. The average Bonchev–Trinajstić information content (AvgIpc) is 2.52. The van der Waals surface area contributed by atoms with Crippen LogP contribution in [0.25, 0.3) is 0 Å². The highest BCUT2D eigenvalue weighted by Crippen LogP contribution is 2.21. The summed E-state index contributed by atoms with van der Waals surface area (Å²) in [5.41, 5.74) is 1.20. The Bertz CT molecular complexity index is 510. The van der Waals surface area contributed by atoms with Crippen molar-refractivity contribution in [1.29, 1.82) is 0 Å². The number of guanidine groups is 1. The highest BCUT2D eigenvalue weighted by molar-refractivity contribution is 5.79. The van der Waals surface area contributed by atoms with Gasteiger partial charge in [-0.1, -0.05) is 32.9 Å². The molecule has 0 bridgehead atoms. The highest BCUT2D eigenvalue weighted by atomic mass is 16.5. The van der Waals surface area contributed by atoms with Crippen molar-refractivity contribution in [2.45, 2.75) is 47.3 Å². The molecule has 5 heteroatoms. The monoisotopic (exact) mass is 335 g/mol. The van der Waals surface area contributed by atoms with Gasteiger partial charge < -0.3 is 20.1 Å². The van der Waals surface area contributed by atoms with Gasteiger partial charge in [-0.2, -0.15) is 0 Å². The summed E-state index contributed by atoms with van der Waals surface area (Å²) >= 11 is 0. The van der Waals surface area contributed by atoms with Gasteiger partial charge in [0.1, 0.15) is 5.75 Å². The first kappa shape index (κ1) is 20.3. The zero-order valence-corrected chi connectivity index (χ0v) is 16.0. The fraction of sp³-hybridized carbons (Fsp3) is 0.632. The molecule has 0 spiro atoms. The molecule has 0 aromatic heterocycles. The molecular weight excluding hydrogens is 302 g/mol. The summed E-state index contributed by atoms with van der Waals surface area (Å²) in [6.45, 7) is 13.4. The van der Waals surface area contributed by atoms with Gasteiger partial charge in [-0.15, -0.1) is 0 Å². The lowest BCUT2D eigenvalue weighted by atomic mass is 9.89. The molecular formula is C19H33N3O2. The van der Waals surface area contributed by atoms with Crippen LogP contribution in [0, 0.1) is 5.41 Å². The molecule has 0 amide bonds.